The number of aliphatic hydroxyl groups is 1. The van der Waals surface area contributed by atoms with Gasteiger partial charge in [0.15, 0.2) is 0 Å². The Labute approximate surface area is 92.6 Å². The summed E-state index contributed by atoms with van der Waals surface area (Å²) in [6.07, 6.45) is -0.771. The van der Waals surface area contributed by atoms with E-state index in [-0.39, 0.29) is 6.54 Å². The largest absolute Gasteiger partial charge is 0.390 e. The molecule has 2 atom stereocenters. The summed E-state index contributed by atoms with van der Waals surface area (Å²) in [7, 11) is 0. The summed E-state index contributed by atoms with van der Waals surface area (Å²) < 4.78 is 0. The van der Waals surface area contributed by atoms with Crippen molar-refractivity contribution >= 4 is 23.2 Å². The summed E-state index contributed by atoms with van der Waals surface area (Å²) in [5.74, 6) is 0. The van der Waals surface area contributed by atoms with Crippen LogP contribution in [0.1, 0.15) is 11.6 Å². The van der Waals surface area contributed by atoms with E-state index in [1.807, 2.05) is 0 Å². The van der Waals surface area contributed by atoms with E-state index in [0.29, 0.717) is 10.0 Å². The molecule has 5 N–H and O–H groups in total. The van der Waals surface area contributed by atoms with Gasteiger partial charge in [-0.05, 0) is 17.7 Å². The summed E-state index contributed by atoms with van der Waals surface area (Å²) in [6, 6.07) is 4.46. The summed E-state index contributed by atoms with van der Waals surface area (Å²) in [5.41, 5.74) is 11.7. The van der Waals surface area contributed by atoms with E-state index in [0.717, 1.165) is 5.56 Å². The van der Waals surface area contributed by atoms with E-state index in [9.17, 15) is 5.11 Å². The maximum atomic E-state index is 9.41. The number of halogens is 2. The molecule has 0 amide bonds. The van der Waals surface area contributed by atoms with Gasteiger partial charge in [0.1, 0.15) is 0 Å². The summed E-state index contributed by atoms with van der Waals surface area (Å²) in [6.45, 7) is 0.113. The van der Waals surface area contributed by atoms with Crippen LogP contribution in [0.15, 0.2) is 18.2 Å². The number of aliphatic hydroxyl groups excluding tert-OH is 1. The predicted octanol–water partition coefficient (Wildman–Crippen LogP) is 1.31. The zero-order valence-electron chi connectivity index (χ0n) is 7.45. The van der Waals surface area contributed by atoms with Gasteiger partial charge in [-0.2, -0.15) is 0 Å². The van der Waals surface area contributed by atoms with Gasteiger partial charge in [0.05, 0.1) is 22.2 Å². The molecule has 0 aromatic heterocycles. The molecule has 0 saturated carbocycles. The van der Waals surface area contributed by atoms with Gasteiger partial charge < -0.3 is 16.6 Å². The number of hydrogen-bond donors (Lipinski definition) is 3. The minimum atomic E-state index is -0.771. The molecule has 0 aliphatic heterocycles. The van der Waals surface area contributed by atoms with Crippen molar-refractivity contribution in [3.05, 3.63) is 33.8 Å². The van der Waals surface area contributed by atoms with Crippen molar-refractivity contribution in [1.29, 1.82) is 0 Å². The fourth-order valence-electron chi connectivity index (χ4n) is 1.09. The molecule has 3 nitrogen and oxygen atoms in total. The van der Waals surface area contributed by atoms with Crippen LogP contribution < -0.4 is 11.5 Å². The van der Waals surface area contributed by atoms with Gasteiger partial charge in [-0.3, -0.25) is 0 Å². The highest BCUT2D eigenvalue weighted by molar-refractivity contribution is 6.42. The van der Waals surface area contributed by atoms with Crippen molar-refractivity contribution in [2.24, 2.45) is 11.5 Å². The van der Waals surface area contributed by atoms with Crippen LogP contribution in [0.4, 0.5) is 0 Å². The van der Waals surface area contributed by atoms with Gasteiger partial charge in [0.2, 0.25) is 0 Å². The molecular weight excluding hydrogens is 223 g/mol. The van der Waals surface area contributed by atoms with Crippen LogP contribution in [-0.2, 0) is 0 Å². The van der Waals surface area contributed by atoms with E-state index in [2.05, 4.69) is 0 Å². The molecule has 0 saturated heterocycles. The molecule has 0 bridgehead atoms. The Bertz CT molecular complexity index is 320. The van der Waals surface area contributed by atoms with Gasteiger partial charge in [-0.1, -0.05) is 29.3 Å². The maximum Gasteiger partial charge on any atom is 0.0854 e. The molecule has 0 aliphatic carbocycles. The Morgan fingerprint density at radius 1 is 1.29 bits per heavy atom. The molecule has 78 valence electrons. The monoisotopic (exact) mass is 234 g/mol. The minimum Gasteiger partial charge on any atom is -0.390 e. The molecule has 1 aromatic rings. The summed E-state index contributed by atoms with van der Waals surface area (Å²) in [5, 5.41) is 10.3. The van der Waals surface area contributed by atoms with Gasteiger partial charge in [-0.15, -0.1) is 0 Å². The average Bonchev–Trinajstić information content (AvgIpc) is 2.20. The van der Waals surface area contributed by atoms with Crippen molar-refractivity contribution < 1.29 is 5.11 Å². The van der Waals surface area contributed by atoms with E-state index < -0.39 is 12.1 Å². The first-order valence-electron chi connectivity index (χ1n) is 4.15. The Kier molecular flexibility index (Phi) is 4.16. The Balaban J connectivity index is 2.91. The highest BCUT2D eigenvalue weighted by Crippen LogP contribution is 2.25. The second-order valence-corrected chi connectivity index (χ2v) is 3.82. The van der Waals surface area contributed by atoms with Gasteiger partial charge in [0.25, 0.3) is 0 Å². The molecule has 0 heterocycles. The summed E-state index contributed by atoms with van der Waals surface area (Å²) in [4.78, 5) is 0. The lowest BCUT2D eigenvalue weighted by Gasteiger charge is -2.17. The number of benzene rings is 1. The predicted molar refractivity (Wildman–Crippen MR) is 58.5 cm³/mol. The SMILES string of the molecule is NCC(O)C(N)c1ccc(Cl)c(Cl)c1. The summed E-state index contributed by atoms with van der Waals surface area (Å²) >= 11 is 11.5. The molecular formula is C9H12Cl2N2O. The average molecular weight is 235 g/mol. The van der Waals surface area contributed by atoms with E-state index in [4.69, 9.17) is 34.7 Å². The van der Waals surface area contributed by atoms with Crippen molar-refractivity contribution in [2.45, 2.75) is 12.1 Å². The first-order valence-corrected chi connectivity index (χ1v) is 4.90. The molecule has 14 heavy (non-hydrogen) atoms. The van der Waals surface area contributed by atoms with Crippen LogP contribution in [0.25, 0.3) is 0 Å². The smallest absolute Gasteiger partial charge is 0.0854 e. The lowest BCUT2D eigenvalue weighted by Crippen LogP contribution is -2.32. The van der Waals surface area contributed by atoms with Crippen LogP contribution in [-0.4, -0.2) is 17.8 Å². The van der Waals surface area contributed by atoms with Crippen LogP contribution >= 0.6 is 23.2 Å². The molecule has 0 spiro atoms. The lowest BCUT2D eigenvalue weighted by atomic mass is 10.0. The fourth-order valence-corrected chi connectivity index (χ4v) is 1.40. The Morgan fingerprint density at radius 2 is 1.93 bits per heavy atom. The highest BCUT2D eigenvalue weighted by atomic mass is 35.5. The molecule has 1 aromatic carbocycles. The van der Waals surface area contributed by atoms with Gasteiger partial charge in [-0.25, -0.2) is 0 Å². The van der Waals surface area contributed by atoms with Crippen LogP contribution in [0.2, 0.25) is 10.0 Å². The van der Waals surface area contributed by atoms with Crippen LogP contribution in [0.3, 0.4) is 0 Å². The fraction of sp³-hybridized carbons (Fsp3) is 0.333. The van der Waals surface area contributed by atoms with Crippen molar-refractivity contribution in [3.63, 3.8) is 0 Å². The molecule has 0 fully saturated rings. The first-order chi connectivity index (χ1) is 6.56. The van der Waals surface area contributed by atoms with Crippen molar-refractivity contribution in [1.82, 2.24) is 0 Å². The number of rotatable bonds is 3. The standard InChI is InChI=1S/C9H12Cl2N2O/c10-6-2-1-5(3-7(6)11)9(13)8(14)4-12/h1-3,8-9,14H,4,12-13H2. The maximum absolute atomic E-state index is 9.41. The van der Waals surface area contributed by atoms with Crippen LogP contribution in [0, 0.1) is 0 Å². The second kappa shape index (κ2) is 4.96. The molecule has 2 unspecified atom stereocenters. The van der Waals surface area contributed by atoms with Crippen molar-refractivity contribution in [3.8, 4) is 0 Å². The third-order valence-electron chi connectivity index (χ3n) is 1.98. The number of hydrogen-bond acceptors (Lipinski definition) is 3. The third-order valence-corrected chi connectivity index (χ3v) is 2.72. The Morgan fingerprint density at radius 3 is 2.43 bits per heavy atom. The quantitative estimate of drug-likeness (QED) is 0.739. The second-order valence-electron chi connectivity index (χ2n) is 3.00. The first kappa shape index (κ1) is 11.8. The van der Waals surface area contributed by atoms with Crippen molar-refractivity contribution in [2.75, 3.05) is 6.54 Å². The van der Waals surface area contributed by atoms with Crippen LogP contribution in [0.5, 0.6) is 0 Å². The topological polar surface area (TPSA) is 72.3 Å². The molecule has 0 aliphatic rings. The van der Waals surface area contributed by atoms with E-state index in [1.165, 1.54) is 0 Å². The highest BCUT2D eigenvalue weighted by Gasteiger charge is 2.15. The van der Waals surface area contributed by atoms with Gasteiger partial charge in [0, 0.05) is 6.54 Å². The minimum absolute atomic E-state index is 0.113. The third kappa shape index (κ3) is 2.59. The number of nitrogens with two attached hydrogens (primary N) is 2. The lowest BCUT2D eigenvalue weighted by molar-refractivity contribution is 0.153. The molecule has 5 heteroatoms. The molecule has 0 radical (unpaired) electrons. The zero-order chi connectivity index (χ0) is 10.7. The molecule has 1 rings (SSSR count). The van der Waals surface area contributed by atoms with Gasteiger partial charge >= 0.3 is 0 Å². The normalized spacial score (nSPS) is 15.2. The zero-order valence-corrected chi connectivity index (χ0v) is 8.96. The Hall–Kier alpha value is -0.320. The van der Waals surface area contributed by atoms with E-state index >= 15 is 0 Å². The van der Waals surface area contributed by atoms with E-state index in [1.54, 1.807) is 18.2 Å².